The number of nitrogens with zero attached hydrogens (tertiary/aromatic N) is 2. The second kappa shape index (κ2) is 6.80. The Kier molecular flexibility index (Phi) is 4.26. The molecule has 0 bridgehead atoms. The molecule has 0 spiro atoms. The van der Waals surface area contributed by atoms with E-state index in [0.717, 1.165) is 22.4 Å². The Hall–Kier alpha value is -2.56. The smallest absolute Gasteiger partial charge is 0.213 e. The van der Waals surface area contributed by atoms with Crippen molar-refractivity contribution < 1.29 is 9.13 Å². The summed E-state index contributed by atoms with van der Waals surface area (Å²) in [5.74, 6) is 0.367. The topological polar surface area (TPSA) is 24.8 Å². The van der Waals surface area contributed by atoms with Gasteiger partial charge in [0.15, 0.2) is 0 Å². The first-order chi connectivity index (χ1) is 13.6. The Morgan fingerprint density at radius 3 is 2.50 bits per heavy atom. The molecule has 2 aliphatic heterocycles. The molecule has 0 saturated carbocycles. The molecule has 0 fully saturated rings. The zero-order chi connectivity index (χ0) is 19.3. The van der Waals surface area contributed by atoms with E-state index < -0.39 is 6.23 Å². The summed E-state index contributed by atoms with van der Waals surface area (Å²) < 4.78 is 19.6. The van der Waals surface area contributed by atoms with Crippen LogP contribution in [0.1, 0.15) is 35.4 Å². The fraction of sp³-hybridized carbons (Fsp3) is 0.136. The van der Waals surface area contributed by atoms with Crippen LogP contribution in [0.4, 0.5) is 4.39 Å². The number of hydrogen-bond acceptors (Lipinski definition) is 3. The Balaban J connectivity index is 1.63. The molecule has 0 radical (unpaired) electrons. The van der Waals surface area contributed by atoms with Crippen molar-refractivity contribution in [3.05, 3.63) is 99.3 Å². The molecular formula is C22H15Cl2FN2O. The minimum Gasteiger partial charge on any atom is -0.463 e. The van der Waals surface area contributed by atoms with Crippen molar-refractivity contribution in [2.24, 2.45) is 5.10 Å². The molecule has 0 saturated heterocycles. The van der Waals surface area contributed by atoms with Gasteiger partial charge >= 0.3 is 0 Å². The van der Waals surface area contributed by atoms with Crippen LogP contribution in [0.5, 0.6) is 5.75 Å². The van der Waals surface area contributed by atoms with Crippen LogP contribution in [0.15, 0.2) is 71.8 Å². The summed E-state index contributed by atoms with van der Waals surface area (Å²) in [6, 6.07) is 19.8. The molecular weight excluding hydrogens is 398 g/mol. The van der Waals surface area contributed by atoms with Crippen LogP contribution in [0.25, 0.3) is 0 Å². The number of fused-ring (bicyclic) bond motifs is 3. The van der Waals surface area contributed by atoms with Crippen LogP contribution in [0.3, 0.4) is 0 Å². The lowest BCUT2D eigenvalue weighted by Gasteiger charge is -2.38. The lowest BCUT2D eigenvalue weighted by atomic mass is 9.96. The molecule has 2 atom stereocenters. The lowest BCUT2D eigenvalue weighted by Crippen LogP contribution is -2.33. The summed E-state index contributed by atoms with van der Waals surface area (Å²) in [6.07, 6.45) is 0.248. The maximum atomic E-state index is 13.3. The lowest BCUT2D eigenvalue weighted by molar-refractivity contribution is -0.0189. The molecule has 0 amide bonds. The van der Waals surface area contributed by atoms with Crippen LogP contribution in [-0.4, -0.2) is 10.7 Å². The van der Waals surface area contributed by atoms with Crippen LogP contribution >= 0.6 is 23.2 Å². The molecule has 0 unspecified atom stereocenters. The molecule has 0 N–H and O–H groups in total. The average molecular weight is 413 g/mol. The number of ether oxygens (including phenoxy) is 1. The molecule has 140 valence electrons. The van der Waals surface area contributed by atoms with E-state index in [0.29, 0.717) is 22.2 Å². The highest BCUT2D eigenvalue weighted by atomic mass is 35.5. The van der Waals surface area contributed by atoms with Gasteiger partial charge in [-0.25, -0.2) is 9.40 Å². The Morgan fingerprint density at radius 2 is 1.75 bits per heavy atom. The van der Waals surface area contributed by atoms with Crippen LogP contribution in [0, 0.1) is 5.82 Å². The van der Waals surface area contributed by atoms with Gasteiger partial charge < -0.3 is 4.74 Å². The van der Waals surface area contributed by atoms with Crippen molar-refractivity contribution in [2.75, 3.05) is 0 Å². The molecule has 2 aliphatic rings. The Morgan fingerprint density at radius 1 is 1.00 bits per heavy atom. The highest BCUT2D eigenvalue weighted by Crippen LogP contribution is 2.50. The third-order valence-electron chi connectivity index (χ3n) is 5.07. The van der Waals surface area contributed by atoms with E-state index in [1.165, 1.54) is 12.1 Å². The van der Waals surface area contributed by atoms with Gasteiger partial charge in [-0.1, -0.05) is 65.7 Å². The van der Waals surface area contributed by atoms with E-state index in [-0.39, 0.29) is 11.9 Å². The number of rotatable bonds is 2. The zero-order valence-corrected chi connectivity index (χ0v) is 16.2. The van der Waals surface area contributed by atoms with Crippen molar-refractivity contribution in [1.82, 2.24) is 5.01 Å². The van der Waals surface area contributed by atoms with Crippen LogP contribution in [0.2, 0.25) is 10.0 Å². The number of benzene rings is 3. The Bertz CT molecular complexity index is 1070. The normalized spacial score (nSPS) is 20.2. The monoisotopic (exact) mass is 412 g/mol. The largest absolute Gasteiger partial charge is 0.463 e. The van der Waals surface area contributed by atoms with E-state index in [1.807, 2.05) is 41.4 Å². The molecule has 3 nitrogen and oxygen atoms in total. The molecule has 28 heavy (non-hydrogen) atoms. The van der Waals surface area contributed by atoms with E-state index in [1.54, 1.807) is 18.2 Å². The average Bonchev–Trinajstić information content (AvgIpc) is 3.14. The zero-order valence-electron chi connectivity index (χ0n) is 14.6. The van der Waals surface area contributed by atoms with Gasteiger partial charge in [-0.05, 0) is 29.8 Å². The molecule has 5 rings (SSSR count). The van der Waals surface area contributed by atoms with E-state index >= 15 is 0 Å². The summed E-state index contributed by atoms with van der Waals surface area (Å²) in [5.41, 5.74) is 3.65. The third kappa shape index (κ3) is 2.93. The molecule has 6 heteroatoms. The minimum absolute atomic E-state index is 0.0646. The first kappa shape index (κ1) is 17.5. The molecule has 2 heterocycles. The molecule has 3 aromatic rings. The predicted octanol–water partition coefficient (Wildman–Crippen LogP) is 6.37. The van der Waals surface area contributed by atoms with E-state index in [9.17, 15) is 4.39 Å². The third-order valence-corrected chi connectivity index (χ3v) is 5.57. The summed E-state index contributed by atoms with van der Waals surface area (Å²) >= 11 is 12.7. The summed E-state index contributed by atoms with van der Waals surface area (Å²) in [5, 5.41) is 7.83. The van der Waals surface area contributed by atoms with Crippen molar-refractivity contribution in [3.63, 3.8) is 0 Å². The number of hydrogen-bond donors (Lipinski definition) is 0. The summed E-state index contributed by atoms with van der Waals surface area (Å²) in [4.78, 5) is 0. The highest BCUT2D eigenvalue weighted by molar-refractivity contribution is 6.35. The highest BCUT2D eigenvalue weighted by Gasteiger charge is 2.42. The second-order valence-electron chi connectivity index (χ2n) is 6.84. The van der Waals surface area contributed by atoms with Gasteiger partial charge in [0, 0.05) is 22.6 Å². The van der Waals surface area contributed by atoms with Gasteiger partial charge in [-0.15, -0.1) is 0 Å². The van der Waals surface area contributed by atoms with Gasteiger partial charge in [0.2, 0.25) is 6.23 Å². The molecule has 3 aromatic carbocycles. The van der Waals surface area contributed by atoms with Gasteiger partial charge in [0.05, 0.1) is 16.8 Å². The van der Waals surface area contributed by atoms with E-state index in [4.69, 9.17) is 33.0 Å². The van der Waals surface area contributed by atoms with Crippen molar-refractivity contribution in [3.8, 4) is 5.75 Å². The van der Waals surface area contributed by atoms with Crippen molar-refractivity contribution in [2.45, 2.75) is 18.7 Å². The standard InChI is InChI=1S/C22H15Cl2FN2O/c23-15-10-17-20-12-19(13-6-8-16(25)9-7-13)26-27(20)22(14-4-2-1-3-5-14)28-21(17)18(24)11-15/h1-11,20,22H,12H2/t20-,22-/m0/s1. The fourth-order valence-electron chi connectivity index (χ4n) is 3.77. The fourth-order valence-corrected chi connectivity index (χ4v) is 4.32. The summed E-state index contributed by atoms with van der Waals surface area (Å²) in [7, 11) is 0. The second-order valence-corrected chi connectivity index (χ2v) is 7.68. The van der Waals surface area contributed by atoms with Crippen LogP contribution in [-0.2, 0) is 0 Å². The van der Waals surface area contributed by atoms with Crippen LogP contribution < -0.4 is 4.74 Å². The molecule has 0 aromatic heterocycles. The Labute approximate surface area is 172 Å². The number of hydrazone groups is 1. The predicted molar refractivity (Wildman–Crippen MR) is 108 cm³/mol. The van der Waals surface area contributed by atoms with Gasteiger partial charge in [0.25, 0.3) is 0 Å². The van der Waals surface area contributed by atoms with Gasteiger partial charge in [-0.3, -0.25) is 0 Å². The quantitative estimate of drug-likeness (QED) is 0.487. The van der Waals surface area contributed by atoms with Gasteiger partial charge in [0.1, 0.15) is 11.6 Å². The number of halogens is 3. The first-order valence-corrected chi connectivity index (χ1v) is 9.68. The van der Waals surface area contributed by atoms with E-state index in [2.05, 4.69) is 0 Å². The van der Waals surface area contributed by atoms with Crippen molar-refractivity contribution in [1.29, 1.82) is 0 Å². The summed E-state index contributed by atoms with van der Waals surface area (Å²) in [6.45, 7) is 0. The minimum atomic E-state index is -0.407. The van der Waals surface area contributed by atoms with Crippen molar-refractivity contribution >= 4 is 28.9 Å². The maximum Gasteiger partial charge on any atom is 0.213 e. The maximum absolute atomic E-state index is 13.3. The SMILES string of the molecule is Fc1ccc(C2=NN3[C@@H](C2)c2cc(Cl)cc(Cl)c2O[C@H]3c2ccccc2)cc1. The first-order valence-electron chi connectivity index (χ1n) is 8.92. The van der Waals surface area contributed by atoms with Gasteiger partial charge in [-0.2, -0.15) is 5.10 Å². The molecule has 0 aliphatic carbocycles.